The van der Waals surface area contributed by atoms with Crippen LogP contribution >= 0.6 is 0 Å². The molecule has 5 aromatic rings. The highest BCUT2D eigenvalue weighted by Crippen LogP contribution is 2.30. The van der Waals surface area contributed by atoms with Gasteiger partial charge in [-0.25, -0.2) is 15.1 Å². The lowest BCUT2D eigenvalue weighted by Crippen LogP contribution is -2.06. The fourth-order valence-electron chi connectivity index (χ4n) is 3.95. The van der Waals surface area contributed by atoms with Gasteiger partial charge >= 0.3 is 0 Å². The number of H-pyrrole nitrogens is 1. The zero-order valence-electron chi connectivity index (χ0n) is 18.3. The molecule has 0 radical (unpaired) electrons. The first-order valence-electron chi connectivity index (χ1n) is 10.5. The first-order chi connectivity index (χ1) is 15.2. The first-order valence-corrected chi connectivity index (χ1v) is 10.5. The molecule has 3 heterocycles. The minimum absolute atomic E-state index is 0. The standard InChI is InChI=1S/C24H23N7.H3N/c1-3-6-21-26-22-16(2)13-14-25-24(22)31(21)15-17-9-11-18(12-10-17)19-7-4-5-8-20(19)23-27-29-30-28-23;/h4-5,7-14H,3,6,15H2,1-2H3,(H,27,28,29,30);1H3. The molecule has 0 amide bonds. The summed E-state index contributed by atoms with van der Waals surface area (Å²) in [6, 6.07) is 18.8. The highest BCUT2D eigenvalue weighted by Gasteiger charge is 2.14. The topological polar surface area (TPSA) is 120 Å². The van der Waals surface area contributed by atoms with Gasteiger partial charge in [0.2, 0.25) is 0 Å². The molecule has 4 N–H and O–H groups in total. The molecule has 5 rings (SSSR count). The van der Waals surface area contributed by atoms with Gasteiger partial charge in [-0.15, -0.1) is 5.10 Å². The van der Waals surface area contributed by atoms with Crippen molar-refractivity contribution in [1.82, 2.24) is 41.3 Å². The Morgan fingerprint density at radius 2 is 1.75 bits per heavy atom. The van der Waals surface area contributed by atoms with Crippen LogP contribution in [0.15, 0.2) is 60.8 Å². The van der Waals surface area contributed by atoms with Crippen LogP contribution in [0.3, 0.4) is 0 Å². The van der Waals surface area contributed by atoms with Crippen molar-refractivity contribution >= 4 is 11.2 Å². The summed E-state index contributed by atoms with van der Waals surface area (Å²) in [6.07, 6.45) is 3.85. The number of rotatable bonds is 6. The second-order valence-corrected chi connectivity index (χ2v) is 7.66. The van der Waals surface area contributed by atoms with Gasteiger partial charge in [-0.3, -0.25) is 0 Å². The molecule has 8 nitrogen and oxygen atoms in total. The summed E-state index contributed by atoms with van der Waals surface area (Å²) in [7, 11) is 0. The molecular formula is C24H26N8. The summed E-state index contributed by atoms with van der Waals surface area (Å²) >= 11 is 0. The summed E-state index contributed by atoms with van der Waals surface area (Å²) in [5.74, 6) is 1.75. The third-order valence-electron chi connectivity index (χ3n) is 5.52. The Morgan fingerprint density at radius 3 is 2.47 bits per heavy atom. The minimum Gasteiger partial charge on any atom is -0.344 e. The van der Waals surface area contributed by atoms with Gasteiger partial charge in [0.05, 0.1) is 6.54 Å². The molecule has 3 aromatic heterocycles. The number of tetrazole rings is 1. The van der Waals surface area contributed by atoms with E-state index in [0.717, 1.165) is 58.6 Å². The summed E-state index contributed by atoms with van der Waals surface area (Å²) < 4.78 is 2.25. The summed E-state index contributed by atoms with van der Waals surface area (Å²) in [5, 5.41) is 14.3. The minimum atomic E-state index is 0. The number of fused-ring (bicyclic) bond motifs is 1. The molecule has 0 atom stereocenters. The van der Waals surface area contributed by atoms with Gasteiger partial charge in [0.1, 0.15) is 11.3 Å². The van der Waals surface area contributed by atoms with Crippen molar-refractivity contribution in [1.29, 1.82) is 0 Å². The number of pyridine rings is 1. The Labute approximate surface area is 186 Å². The molecule has 2 aromatic carbocycles. The molecule has 8 heteroatoms. The predicted octanol–water partition coefficient (Wildman–Crippen LogP) is 4.75. The maximum absolute atomic E-state index is 4.88. The zero-order chi connectivity index (χ0) is 21.2. The Bertz CT molecular complexity index is 1320. The second kappa shape index (κ2) is 9.07. The van der Waals surface area contributed by atoms with Crippen LogP contribution in [0.1, 0.15) is 30.3 Å². The average Bonchev–Trinajstić information content (AvgIpc) is 3.45. The molecule has 0 aliphatic heterocycles. The van der Waals surface area contributed by atoms with Crippen LogP contribution in [0.2, 0.25) is 0 Å². The van der Waals surface area contributed by atoms with Crippen molar-refractivity contribution in [3.63, 3.8) is 0 Å². The number of aromatic amines is 1. The Balaban J connectivity index is 0.00000245. The van der Waals surface area contributed by atoms with Crippen LogP contribution in [0.5, 0.6) is 0 Å². The van der Waals surface area contributed by atoms with Crippen molar-refractivity contribution in [3.8, 4) is 22.5 Å². The van der Waals surface area contributed by atoms with Gasteiger partial charge in [0, 0.05) is 18.2 Å². The van der Waals surface area contributed by atoms with E-state index in [4.69, 9.17) is 4.98 Å². The van der Waals surface area contributed by atoms with Crippen LogP contribution < -0.4 is 6.15 Å². The van der Waals surface area contributed by atoms with Crippen molar-refractivity contribution in [3.05, 3.63) is 77.7 Å². The Kier molecular flexibility index (Phi) is 6.04. The average molecular weight is 427 g/mol. The highest BCUT2D eigenvalue weighted by atomic mass is 15.5. The SMILES string of the molecule is CCCc1nc2c(C)ccnc2n1Cc1ccc(-c2ccccc2-c2nnn[nH]2)cc1.N. The van der Waals surface area contributed by atoms with Crippen molar-refractivity contribution in [2.24, 2.45) is 0 Å². The van der Waals surface area contributed by atoms with Gasteiger partial charge in [-0.05, 0) is 52.1 Å². The van der Waals surface area contributed by atoms with Gasteiger partial charge in [0.25, 0.3) is 0 Å². The smallest absolute Gasteiger partial charge is 0.180 e. The molecule has 0 spiro atoms. The molecular weight excluding hydrogens is 400 g/mol. The lowest BCUT2D eigenvalue weighted by Gasteiger charge is -2.11. The first kappa shape index (κ1) is 21.3. The fourth-order valence-corrected chi connectivity index (χ4v) is 3.95. The van der Waals surface area contributed by atoms with Crippen molar-refractivity contribution in [2.45, 2.75) is 33.2 Å². The molecule has 0 saturated carbocycles. The van der Waals surface area contributed by atoms with Crippen LogP contribution in [-0.2, 0) is 13.0 Å². The lowest BCUT2D eigenvalue weighted by atomic mass is 9.98. The Morgan fingerprint density at radius 1 is 0.969 bits per heavy atom. The summed E-state index contributed by atoms with van der Waals surface area (Å²) in [5.41, 5.74) is 7.51. The number of nitrogens with one attached hydrogen (secondary N) is 1. The number of hydrogen-bond acceptors (Lipinski definition) is 6. The van der Waals surface area contributed by atoms with E-state index in [9.17, 15) is 0 Å². The number of benzene rings is 2. The van der Waals surface area contributed by atoms with Crippen LogP contribution in [0.25, 0.3) is 33.7 Å². The molecule has 162 valence electrons. The zero-order valence-corrected chi connectivity index (χ0v) is 18.3. The van der Waals surface area contributed by atoms with Crippen molar-refractivity contribution < 1.29 is 0 Å². The summed E-state index contributed by atoms with van der Waals surface area (Å²) in [6.45, 7) is 5.02. The highest BCUT2D eigenvalue weighted by molar-refractivity contribution is 5.80. The Hall–Kier alpha value is -3.91. The number of imidazole rings is 1. The van der Waals surface area contributed by atoms with Gasteiger partial charge < -0.3 is 10.7 Å². The van der Waals surface area contributed by atoms with E-state index in [1.807, 2.05) is 30.5 Å². The third kappa shape index (κ3) is 3.88. The number of hydrogen-bond donors (Lipinski definition) is 2. The largest absolute Gasteiger partial charge is 0.344 e. The molecule has 0 aliphatic rings. The number of aryl methyl sites for hydroxylation is 2. The van der Waals surface area contributed by atoms with Gasteiger partial charge in [0.15, 0.2) is 11.5 Å². The van der Waals surface area contributed by atoms with E-state index in [1.54, 1.807) is 0 Å². The maximum atomic E-state index is 4.88. The van der Waals surface area contributed by atoms with E-state index in [0.29, 0.717) is 5.82 Å². The third-order valence-corrected chi connectivity index (χ3v) is 5.52. The second-order valence-electron chi connectivity index (χ2n) is 7.66. The van der Waals surface area contributed by atoms with Gasteiger partial charge in [-0.2, -0.15) is 0 Å². The monoisotopic (exact) mass is 426 g/mol. The van der Waals surface area contributed by atoms with E-state index >= 15 is 0 Å². The summed E-state index contributed by atoms with van der Waals surface area (Å²) in [4.78, 5) is 9.51. The van der Waals surface area contributed by atoms with Gasteiger partial charge in [-0.1, -0.05) is 55.5 Å². The van der Waals surface area contributed by atoms with E-state index in [2.05, 4.69) is 74.4 Å². The number of aromatic nitrogens is 7. The van der Waals surface area contributed by atoms with Crippen LogP contribution in [0.4, 0.5) is 0 Å². The normalized spacial score (nSPS) is 10.9. The van der Waals surface area contributed by atoms with Crippen molar-refractivity contribution in [2.75, 3.05) is 0 Å². The maximum Gasteiger partial charge on any atom is 0.180 e. The van der Waals surface area contributed by atoms with Crippen LogP contribution in [0, 0.1) is 6.92 Å². The molecule has 32 heavy (non-hydrogen) atoms. The molecule has 0 unspecified atom stereocenters. The van der Waals surface area contributed by atoms with E-state index < -0.39 is 0 Å². The van der Waals surface area contributed by atoms with E-state index in [-0.39, 0.29) is 6.15 Å². The van der Waals surface area contributed by atoms with E-state index in [1.165, 1.54) is 5.56 Å². The lowest BCUT2D eigenvalue weighted by molar-refractivity contribution is 0.717. The molecule has 0 bridgehead atoms. The van der Waals surface area contributed by atoms with Crippen LogP contribution in [-0.4, -0.2) is 35.2 Å². The predicted molar refractivity (Wildman–Crippen MR) is 125 cm³/mol. The fraction of sp³-hybridized carbons (Fsp3) is 0.208. The molecule has 0 fully saturated rings. The molecule has 0 saturated heterocycles. The number of nitrogens with zero attached hydrogens (tertiary/aromatic N) is 6. The molecule has 0 aliphatic carbocycles. The quantitative estimate of drug-likeness (QED) is 0.404.